The number of fused-ring (bicyclic) bond motifs is 3. The molecule has 8 heteroatoms. The number of para-hydroxylation sites is 2. The average Bonchev–Trinajstić information content (AvgIpc) is 3.20. The van der Waals surface area contributed by atoms with Crippen molar-refractivity contribution in [1.29, 1.82) is 0 Å². The molecule has 5 nitrogen and oxygen atoms in total. The first-order valence-electron chi connectivity index (χ1n) is 11.1. The molecular weight excluding hydrogens is 440 g/mol. The second kappa shape index (κ2) is 7.81. The molecule has 1 N–H and O–H groups in total. The largest absolute Gasteiger partial charge is 0.354 e. The van der Waals surface area contributed by atoms with Crippen LogP contribution < -0.4 is 10.2 Å². The zero-order valence-electron chi connectivity index (χ0n) is 18.2. The number of nitrogens with zero attached hydrogens (tertiary/aromatic N) is 4. The molecule has 2 atom stereocenters. The maximum absolute atomic E-state index is 14.1. The molecule has 6 rings (SSSR count). The third-order valence-corrected chi connectivity index (χ3v) is 7.69. The number of thiazole rings is 1. The second-order valence-corrected chi connectivity index (χ2v) is 10.4. The number of aromatic nitrogens is 3. The van der Waals surface area contributed by atoms with Crippen molar-refractivity contribution < 1.29 is 8.78 Å². The number of nitrogens with one attached hydrogen (secondary N) is 1. The summed E-state index contributed by atoms with van der Waals surface area (Å²) in [4.78, 5) is 17.6. The highest BCUT2D eigenvalue weighted by molar-refractivity contribution is 7.15. The summed E-state index contributed by atoms with van der Waals surface area (Å²) >= 11 is 1.50. The summed E-state index contributed by atoms with van der Waals surface area (Å²) in [6.07, 6.45) is 2.82. The van der Waals surface area contributed by atoms with Gasteiger partial charge in [0, 0.05) is 31.1 Å². The lowest BCUT2D eigenvalue weighted by molar-refractivity contribution is 0.202. The van der Waals surface area contributed by atoms with Crippen LogP contribution in [0.1, 0.15) is 17.1 Å². The number of piperidine rings is 2. The molecule has 2 aromatic carbocycles. The normalized spacial score (nSPS) is 22.6. The van der Waals surface area contributed by atoms with Crippen molar-refractivity contribution in [2.24, 2.45) is 5.92 Å². The Labute approximate surface area is 194 Å². The van der Waals surface area contributed by atoms with Crippen molar-refractivity contribution in [2.45, 2.75) is 18.8 Å². The van der Waals surface area contributed by atoms with Gasteiger partial charge >= 0.3 is 0 Å². The molecule has 4 heterocycles. The van der Waals surface area contributed by atoms with E-state index in [-0.39, 0.29) is 5.41 Å². The molecule has 0 saturated carbocycles. The van der Waals surface area contributed by atoms with E-state index in [0.717, 1.165) is 71.1 Å². The minimum absolute atomic E-state index is 0.280. The zero-order valence-corrected chi connectivity index (χ0v) is 19.0. The number of hydrogen-bond donors (Lipinski definition) is 1. The van der Waals surface area contributed by atoms with Crippen LogP contribution in [-0.2, 0) is 5.41 Å². The number of halogens is 2. The molecule has 2 aliphatic rings. The monoisotopic (exact) mass is 463 g/mol. The van der Waals surface area contributed by atoms with Gasteiger partial charge < -0.3 is 10.2 Å². The Balaban J connectivity index is 1.44. The molecule has 0 radical (unpaired) electrons. The van der Waals surface area contributed by atoms with Gasteiger partial charge in [-0.3, -0.25) is 4.98 Å². The summed E-state index contributed by atoms with van der Waals surface area (Å²) in [6, 6.07) is 11.6. The molecule has 2 bridgehead atoms. The highest BCUT2D eigenvalue weighted by atomic mass is 32.1. The number of anilines is 1. The van der Waals surface area contributed by atoms with Gasteiger partial charge in [-0.05, 0) is 55.6 Å². The van der Waals surface area contributed by atoms with E-state index in [4.69, 9.17) is 9.97 Å². The van der Waals surface area contributed by atoms with Crippen LogP contribution in [0.5, 0.6) is 0 Å². The SMILES string of the molecule is Cc1nc(C23CNCC(CN(c4cnc5ccccc5n4)C2)C3)c(-c2cc(F)cc(F)c2)s1. The Bertz CT molecular complexity index is 1340. The van der Waals surface area contributed by atoms with Crippen LogP contribution in [-0.4, -0.2) is 41.1 Å². The Morgan fingerprint density at radius 3 is 2.70 bits per heavy atom. The molecule has 0 aliphatic carbocycles. The Kier molecular flexibility index (Phi) is 4.88. The second-order valence-electron chi connectivity index (χ2n) is 9.15. The molecule has 2 unspecified atom stereocenters. The number of rotatable bonds is 3. The lowest BCUT2D eigenvalue weighted by Gasteiger charge is -2.50. The van der Waals surface area contributed by atoms with E-state index in [2.05, 4.69) is 15.2 Å². The van der Waals surface area contributed by atoms with Crippen molar-refractivity contribution in [3.63, 3.8) is 0 Å². The Morgan fingerprint density at radius 1 is 1.09 bits per heavy atom. The van der Waals surface area contributed by atoms with E-state index < -0.39 is 11.6 Å². The average molecular weight is 464 g/mol. The fourth-order valence-corrected chi connectivity index (χ4v) is 6.43. The minimum atomic E-state index is -0.573. The summed E-state index contributed by atoms with van der Waals surface area (Å²) in [5.41, 5.74) is 2.94. The van der Waals surface area contributed by atoms with Crippen molar-refractivity contribution in [3.05, 3.63) is 71.0 Å². The van der Waals surface area contributed by atoms with Gasteiger partial charge in [-0.25, -0.2) is 18.7 Å². The first-order chi connectivity index (χ1) is 16.0. The van der Waals surface area contributed by atoms with E-state index >= 15 is 0 Å². The third kappa shape index (κ3) is 3.67. The summed E-state index contributed by atoms with van der Waals surface area (Å²) in [5.74, 6) is 0.126. The van der Waals surface area contributed by atoms with Crippen LogP contribution in [0.2, 0.25) is 0 Å². The smallest absolute Gasteiger partial charge is 0.147 e. The first-order valence-corrected chi connectivity index (χ1v) is 11.9. The molecule has 2 saturated heterocycles. The maximum atomic E-state index is 14.1. The fourth-order valence-electron chi connectivity index (χ4n) is 5.40. The van der Waals surface area contributed by atoms with Gasteiger partial charge in [0.05, 0.1) is 32.8 Å². The molecule has 0 spiro atoms. The molecule has 2 aromatic heterocycles. The van der Waals surface area contributed by atoms with Crippen LogP contribution in [0.4, 0.5) is 14.6 Å². The maximum Gasteiger partial charge on any atom is 0.147 e. The van der Waals surface area contributed by atoms with Gasteiger partial charge in [0.1, 0.15) is 17.5 Å². The molecule has 33 heavy (non-hydrogen) atoms. The Hall–Kier alpha value is -2.97. The summed E-state index contributed by atoms with van der Waals surface area (Å²) in [6.45, 7) is 5.24. The summed E-state index contributed by atoms with van der Waals surface area (Å²) in [5, 5.41) is 4.48. The van der Waals surface area contributed by atoms with Gasteiger partial charge in [-0.15, -0.1) is 11.3 Å². The summed E-state index contributed by atoms with van der Waals surface area (Å²) < 4.78 is 28.1. The molecular formula is C25H23F2N5S. The molecule has 2 aliphatic heterocycles. The molecule has 0 amide bonds. The van der Waals surface area contributed by atoms with Crippen LogP contribution in [0.15, 0.2) is 48.7 Å². The highest BCUT2D eigenvalue weighted by Gasteiger charge is 2.47. The topological polar surface area (TPSA) is 53.9 Å². The molecule has 2 fully saturated rings. The summed E-state index contributed by atoms with van der Waals surface area (Å²) in [7, 11) is 0. The Morgan fingerprint density at radius 2 is 1.88 bits per heavy atom. The van der Waals surface area contributed by atoms with Gasteiger partial charge in [0.25, 0.3) is 0 Å². The third-order valence-electron chi connectivity index (χ3n) is 6.67. The predicted molar refractivity (Wildman–Crippen MR) is 127 cm³/mol. The van der Waals surface area contributed by atoms with Crippen LogP contribution in [0, 0.1) is 24.5 Å². The highest BCUT2D eigenvalue weighted by Crippen LogP contribution is 2.45. The lowest BCUT2D eigenvalue weighted by Crippen LogP contribution is -2.60. The van der Waals surface area contributed by atoms with Gasteiger partial charge in [-0.2, -0.15) is 0 Å². The van der Waals surface area contributed by atoms with E-state index in [1.165, 1.54) is 23.5 Å². The number of benzene rings is 2. The van der Waals surface area contributed by atoms with E-state index in [1.807, 2.05) is 37.4 Å². The molecule has 168 valence electrons. The van der Waals surface area contributed by atoms with Crippen molar-refractivity contribution in [3.8, 4) is 10.4 Å². The molecule has 4 aromatic rings. The van der Waals surface area contributed by atoms with Crippen molar-refractivity contribution in [2.75, 3.05) is 31.1 Å². The van der Waals surface area contributed by atoms with Crippen molar-refractivity contribution >= 4 is 28.2 Å². The number of hydrogen-bond acceptors (Lipinski definition) is 6. The van der Waals surface area contributed by atoms with Gasteiger partial charge in [0.2, 0.25) is 0 Å². The number of aryl methyl sites for hydroxylation is 1. The zero-order chi connectivity index (χ0) is 22.6. The fraction of sp³-hybridized carbons (Fsp3) is 0.320. The minimum Gasteiger partial charge on any atom is -0.354 e. The predicted octanol–water partition coefficient (Wildman–Crippen LogP) is 4.71. The van der Waals surface area contributed by atoms with Gasteiger partial charge in [0.15, 0.2) is 0 Å². The van der Waals surface area contributed by atoms with Crippen LogP contribution in [0.25, 0.3) is 21.5 Å². The standard InChI is InChI=1S/C25H23F2N5S/c1-15-30-24(23(33-15)17-6-18(26)8-19(27)7-17)25-9-16(10-28-13-25)12-32(14-25)22-11-29-20-4-2-3-5-21(20)31-22/h2-8,11,16,28H,9-10,12-14H2,1H3. The van der Waals surface area contributed by atoms with Crippen molar-refractivity contribution in [1.82, 2.24) is 20.3 Å². The van der Waals surface area contributed by atoms with Gasteiger partial charge in [-0.1, -0.05) is 12.1 Å². The first kappa shape index (κ1) is 20.6. The van der Waals surface area contributed by atoms with Crippen LogP contribution >= 0.6 is 11.3 Å². The lowest BCUT2D eigenvalue weighted by atomic mass is 9.70. The van der Waals surface area contributed by atoms with E-state index in [9.17, 15) is 8.78 Å². The van der Waals surface area contributed by atoms with E-state index in [0.29, 0.717) is 11.5 Å². The van der Waals surface area contributed by atoms with Crippen LogP contribution in [0.3, 0.4) is 0 Å². The quantitative estimate of drug-likeness (QED) is 0.477. The van der Waals surface area contributed by atoms with E-state index in [1.54, 1.807) is 0 Å².